The SMILES string of the molecule is CCNC(=NCC(c1cccc(C)c1)N1CCOCC1)NCCCOCC1CC1. The van der Waals surface area contributed by atoms with Crippen LogP contribution in [-0.4, -0.2) is 70.0 Å². The summed E-state index contributed by atoms with van der Waals surface area (Å²) in [5, 5.41) is 6.84. The van der Waals surface area contributed by atoms with Gasteiger partial charge in [-0.1, -0.05) is 29.8 Å². The van der Waals surface area contributed by atoms with Crippen LogP contribution in [-0.2, 0) is 9.47 Å². The van der Waals surface area contributed by atoms with E-state index in [0.29, 0.717) is 0 Å². The fourth-order valence-corrected chi connectivity index (χ4v) is 3.63. The Labute approximate surface area is 176 Å². The second-order valence-corrected chi connectivity index (χ2v) is 8.10. The number of rotatable bonds is 11. The van der Waals surface area contributed by atoms with Crippen molar-refractivity contribution in [3.05, 3.63) is 35.4 Å². The molecule has 2 aliphatic rings. The third kappa shape index (κ3) is 7.96. The molecule has 162 valence electrons. The van der Waals surface area contributed by atoms with Gasteiger partial charge in [0, 0.05) is 39.4 Å². The molecule has 3 rings (SSSR count). The molecule has 1 unspecified atom stereocenters. The Morgan fingerprint density at radius 1 is 1.28 bits per heavy atom. The third-order valence-corrected chi connectivity index (χ3v) is 5.49. The molecule has 0 spiro atoms. The number of benzene rings is 1. The van der Waals surface area contributed by atoms with Gasteiger partial charge in [0.1, 0.15) is 0 Å². The van der Waals surface area contributed by atoms with Crippen molar-refractivity contribution in [2.24, 2.45) is 10.9 Å². The highest BCUT2D eigenvalue weighted by atomic mass is 16.5. The molecule has 0 radical (unpaired) electrons. The molecule has 6 nitrogen and oxygen atoms in total. The van der Waals surface area contributed by atoms with E-state index in [1.807, 2.05) is 0 Å². The van der Waals surface area contributed by atoms with Gasteiger partial charge in [0.25, 0.3) is 0 Å². The summed E-state index contributed by atoms with van der Waals surface area (Å²) in [6, 6.07) is 9.08. The van der Waals surface area contributed by atoms with Crippen LogP contribution in [0.25, 0.3) is 0 Å². The van der Waals surface area contributed by atoms with E-state index in [4.69, 9.17) is 14.5 Å². The van der Waals surface area contributed by atoms with Crippen molar-refractivity contribution in [2.45, 2.75) is 39.2 Å². The van der Waals surface area contributed by atoms with Gasteiger partial charge in [-0.15, -0.1) is 0 Å². The molecule has 1 heterocycles. The van der Waals surface area contributed by atoms with Crippen molar-refractivity contribution in [2.75, 3.05) is 59.2 Å². The second kappa shape index (κ2) is 12.2. The number of nitrogens with zero attached hydrogens (tertiary/aromatic N) is 2. The zero-order valence-electron chi connectivity index (χ0n) is 18.2. The lowest BCUT2D eigenvalue weighted by molar-refractivity contribution is 0.0179. The molecule has 1 atom stereocenters. The number of hydrogen-bond donors (Lipinski definition) is 2. The van der Waals surface area contributed by atoms with Gasteiger partial charge < -0.3 is 20.1 Å². The Balaban J connectivity index is 1.54. The average molecular weight is 403 g/mol. The first kappa shape index (κ1) is 22.1. The van der Waals surface area contributed by atoms with Gasteiger partial charge in [0.2, 0.25) is 0 Å². The number of ether oxygens (including phenoxy) is 2. The van der Waals surface area contributed by atoms with Crippen molar-refractivity contribution < 1.29 is 9.47 Å². The summed E-state index contributed by atoms with van der Waals surface area (Å²) in [6.07, 6.45) is 3.70. The van der Waals surface area contributed by atoms with Gasteiger partial charge in [-0.3, -0.25) is 9.89 Å². The van der Waals surface area contributed by atoms with Gasteiger partial charge in [0.05, 0.1) is 25.8 Å². The van der Waals surface area contributed by atoms with Crippen LogP contribution >= 0.6 is 0 Å². The predicted octanol–water partition coefficient (Wildman–Crippen LogP) is 2.74. The van der Waals surface area contributed by atoms with Crippen molar-refractivity contribution >= 4 is 5.96 Å². The number of aliphatic imine (C=N–C) groups is 1. The number of aryl methyl sites for hydroxylation is 1. The lowest BCUT2D eigenvalue weighted by atomic mass is 10.0. The summed E-state index contributed by atoms with van der Waals surface area (Å²) in [7, 11) is 0. The largest absolute Gasteiger partial charge is 0.381 e. The molecule has 1 aromatic rings. The van der Waals surface area contributed by atoms with E-state index in [-0.39, 0.29) is 6.04 Å². The zero-order chi connectivity index (χ0) is 20.3. The fraction of sp³-hybridized carbons (Fsp3) is 0.696. The molecule has 2 N–H and O–H groups in total. The highest BCUT2D eigenvalue weighted by molar-refractivity contribution is 5.79. The molecule has 0 amide bonds. The van der Waals surface area contributed by atoms with Crippen molar-refractivity contribution in [1.82, 2.24) is 15.5 Å². The summed E-state index contributed by atoms with van der Waals surface area (Å²) < 4.78 is 11.3. The summed E-state index contributed by atoms with van der Waals surface area (Å²) in [5.41, 5.74) is 2.63. The van der Waals surface area contributed by atoms with E-state index in [9.17, 15) is 0 Å². The Bertz CT molecular complexity index is 627. The van der Waals surface area contributed by atoms with E-state index in [0.717, 1.165) is 77.4 Å². The maximum Gasteiger partial charge on any atom is 0.191 e. The molecule has 0 bridgehead atoms. The van der Waals surface area contributed by atoms with Crippen LogP contribution in [0.15, 0.2) is 29.3 Å². The van der Waals surface area contributed by atoms with E-state index in [2.05, 4.69) is 53.6 Å². The minimum Gasteiger partial charge on any atom is -0.381 e. The Hall–Kier alpha value is -1.63. The summed E-state index contributed by atoms with van der Waals surface area (Å²) in [6.45, 7) is 12.0. The first-order chi connectivity index (χ1) is 14.3. The summed E-state index contributed by atoms with van der Waals surface area (Å²) in [5.74, 6) is 1.72. The van der Waals surface area contributed by atoms with Crippen LogP contribution in [0.3, 0.4) is 0 Å². The highest BCUT2D eigenvalue weighted by Crippen LogP contribution is 2.28. The maximum absolute atomic E-state index is 5.73. The van der Waals surface area contributed by atoms with Gasteiger partial charge in [-0.25, -0.2) is 0 Å². The topological polar surface area (TPSA) is 58.1 Å². The van der Waals surface area contributed by atoms with Crippen LogP contribution in [0, 0.1) is 12.8 Å². The predicted molar refractivity (Wildman–Crippen MR) is 118 cm³/mol. The van der Waals surface area contributed by atoms with Crippen LogP contribution in [0.1, 0.15) is 43.4 Å². The molecule has 6 heteroatoms. The molecule has 0 aromatic heterocycles. The van der Waals surface area contributed by atoms with Crippen molar-refractivity contribution in [1.29, 1.82) is 0 Å². The fourth-order valence-electron chi connectivity index (χ4n) is 3.63. The molecular formula is C23H38N4O2. The Morgan fingerprint density at radius 2 is 2.10 bits per heavy atom. The lowest BCUT2D eigenvalue weighted by Gasteiger charge is -2.34. The Kier molecular flexibility index (Phi) is 9.25. The van der Waals surface area contributed by atoms with E-state index < -0.39 is 0 Å². The molecule has 1 aliphatic carbocycles. The number of guanidine groups is 1. The molecule has 1 aliphatic heterocycles. The normalized spacial score (nSPS) is 19.2. The molecule has 1 saturated carbocycles. The van der Waals surface area contributed by atoms with Crippen LogP contribution in [0.5, 0.6) is 0 Å². The zero-order valence-corrected chi connectivity index (χ0v) is 18.2. The maximum atomic E-state index is 5.73. The number of hydrogen-bond acceptors (Lipinski definition) is 4. The summed E-state index contributed by atoms with van der Waals surface area (Å²) in [4.78, 5) is 7.42. The minimum atomic E-state index is 0.274. The number of morpholine rings is 1. The first-order valence-electron chi connectivity index (χ1n) is 11.2. The minimum absolute atomic E-state index is 0.274. The molecule has 1 saturated heterocycles. The quantitative estimate of drug-likeness (QED) is 0.339. The highest BCUT2D eigenvalue weighted by Gasteiger charge is 2.23. The summed E-state index contributed by atoms with van der Waals surface area (Å²) >= 11 is 0. The van der Waals surface area contributed by atoms with E-state index in [1.54, 1.807) is 0 Å². The van der Waals surface area contributed by atoms with E-state index >= 15 is 0 Å². The monoisotopic (exact) mass is 402 g/mol. The van der Waals surface area contributed by atoms with Crippen LogP contribution < -0.4 is 10.6 Å². The molecule has 1 aromatic carbocycles. The average Bonchev–Trinajstić information content (AvgIpc) is 3.56. The second-order valence-electron chi connectivity index (χ2n) is 8.10. The third-order valence-electron chi connectivity index (χ3n) is 5.49. The standard InChI is InChI=1S/C23H38N4O2/c1-3-24-23(25-10-5-13-29-18-20-8-9-20)26-17-22(27-11-14-28-15-12-27)21-7-4-6-19(2)16-21/h4,6-7,16,20,22H,3,5,8-15,17-18H2,1-2H3,(H2,24,25,26). The first-order valence-corrected chi connectivity index (χ1v) is 11.2. The van der Waals surface area contributed by atoms with Gasteiger partial charge >= 0.3 is 0 Å². The lowest BCUT2D eigenvalue weighted by Crippen LogP contribution is -2.42. The van der Waals surface area contributed by atoms with Crippen LogP contribution in [0.4, 0.5) is 0 Å². The van der Waals surface area contributed by atoms with Gasteiger partial charge in [0.15, 0.2) is 5.96 Å². The Morgan fingerprint density at radius 3 is 2.83 bits per heavy atom. The van der Waals surface area contributed by atoms with E-state index in [1.165, 1.54) is 24.0 Å². The van der Waals surface area contributed by atoms with Crippen LogP contribution in [0.2, 0.25) is 0 Å². The number of nitrogens with one attached hydrogen (secondary N) is 2. The molecule has 29 heavy (non-hydrogen) atoms. The van der Waals surface area contributed by atoms with Crippen molar-refractivity contribution in [3.8, 4) is 0 Å². The molecule has 2 fully saturated rings. The van der Waals surface area contributed by atoms with Gasteiger partial charge in [-0.2, -0.15) is 0 Å². The smallest absolute Gasteiger partial charge is 0.191 e. The molecular weight excluding hydrogens is 364 g/mol. The van der Waals surface area contributed by atoms with Crippen molar-refractivity contribution in [3.63, 3.8) is 0 Å². The van der Waals surface area contributed by atoms with Gasteiger partial charge in [-0.05, 0) is 44.6 Å².